The van der Waals surface area contributed by atoms with Crippen LogP contribution in [0.4, 0.5) is 5.69 Å². The van der Waals surface area contributed by atoms with Gasteiger partial charge in [-0.25, -0.2) is 0 Å². The fourth-order valence-corrected chi connectivity index (χ4v) is 2.10. The summed E-state index contributed by atoms with van der Waals surface area (Å²) in [5, 5.41) is 0. The number of benzene rings is 2. The van der Waals surface area contributed by atoms with Crippen LogP contribution in [0.5, 0.6) is 5.75 Å². The molecule has 2 N–H and O–H groups in total. The molecule has 0 aliphatic rings. The smallest absolute Gasteiger partial charge is 0.129 e. The van der Waals surface area contributed by atoms with Crippen LogP contribution >= 0.6 is 0 Å². The zero-order chi connectivity index (χ0) is 14.5. The third-order valence-electron chi connectivity index (χ3n) is 3.19. The van der Waals surface area contributed by atoms with Gasteiger partial charge in [0.2, 0.25) is 0 Å². The molecule has 0 fully saturated rings. The maximum Gasteiger partial charge on any atom is 0.129 e. The van der Waals surface area contributed by atoms with E-state index in [-0.39, 0.29) is 0 Å². The summed E-state index contributed by atoms with van der Waals surface area (Å²) >= 11 is 0. The Morgan fingerprint density at radius 2 is 1.62 bits per heavy atom. The number of pyridine rings is 1. The number of hydrogen-bond acceptors (Lipinski definition) is 3. The maximum atomic E-state index is 5.94. The predicted molar refractivity (Wildman–Crippen MR) is 84.9 cm³/mol. The van der Waals surface area contributed by atoms with Gasteiger partial charge >= 0.3 is 0 Å². The van der Waals surface area contributed by atoms with Gasteiger partial charge < -0.3 is 10.5 Å². The van der Waals surface area contributed by atoms with Crippen LogP contribution in [0.1, 0.15) is 5.56 Å². The summed E-state index contributed by atoms with van der Waals surface area (Å²) in [6, 6.07) is 21.7. The lowest BCUT2D eigenvalue weighted by atomic mass is 10.1. The number of para-hydroxylation sites is 1. The van der Waals surface area contributed by atoms with E-state index in [2.05, 4.69) is 4.98 Å². The Morgan fingerprint density at radius 1 is 0.857 bits per heavy atom. The number of anilines is 1. The molecule has 0 unspecified atom stereocenters. The van der Waals surface area contributed by atoms with Crippen molar-refractivity contribution in [3.8, 4) is 17.0 Å². The van der Waals surface area contributed by atoms with Gasteiger partial charge in [0.25, 0.3) is 0 Å². The molecule has 104 valence electrons. The van der Waals surface area contributed by atoms with Gasteiger partial charge in [0, 0.05) is 5.56 Å². The molecule has 0 amide bonds. The van der Waals surface area contributed by atoms with Gasteiger partial charge in [-0.05, 0) is 29.8 Å². The highest BCUT2D eigenvalue weighted by Gasteiger charge is 2.07. The van der Waals surface area contributed by atoms with Crippen LogP contribution in [-0.4, -0.2) is 4.98 Å². The monoisotopic (exact) mass is 276 g/mol. The summed E-state index contributed by atoms with van der Waals surface area (Å²) in [5.41, 5.74) is 9.30. The molecule has 0 radical (unpaired) electrons. The van der Waals surface area contributed by atoms with Gasteiger partial charge in [-0.1, -0.05) is 42.5 Å². The quantitative estimate of drug-likeness (QED) is 0.786. The van der Waals surface area contributed by atoms with Gasteiger partial charge in [0.15, 0.2) is 0 Å². The number of nitrogens with zero attached hydrogens (tertiary/aromatic N) is 1. The first-order valence-corrected chi connectivity index (χ1v) is 6.80. The largest absolute Gasteiger partial charge is 0.488 e. The molecule has 0 aliphatic carbocycles. The number of rotatable bonds is 4. The second-order valence-corrected chi connectivity index (χ2v) is 4.75. The number of hydrogen-bond donors (Lipinski definition) is 1. The number of nitrogen functional groups attached to an aromatic ring is 1. The van der Waals surface area contributed by atoms with E-state index >= 15 is 0 Å². The lowest BCUT2D eigenvalue weighted by molar-refractivity contribution is 0.307. The standard InChI is InChI=1S/C18H16N2O/c19-15-10-11-17(20-12-15)16-8-4-5-9-18(16)21-13-14-6-2-1-3-7-14/h1-12H,13,19H2. The zero-order valence-electron chi connectivity index (χ0n) is 11.6. The first kappa shape index (κ1) is 13.2. The Labute approximate surface area is 124 Å². The molecule has 3 aromatic rings. The molecule has 0 spiro atoms. The van der Waals surface area contributed by atoms with Crippen LogP contribution in [0.3, 0.4) is 0 Å². The molecule has 1 heterocycles. The minimum Gasteiger partial charge on any atom is -0.488 e. The first-order chi connectivity index (χ1) is 10.3. The summed E-state index contributed by atoms with van der Waals surface area (Å²) < 4.78 is 5.94. The van der Waals surface area contributed by atoms with Crippen molar-refractivity contribution in [2.75, 3.05) is 5.73 Å². The average molecular weight is 276 g/mol. The van der Waals surface area contributed by atoms with Gasteiger partial charge in [-0.3, -0.25) is 4.98 Å². The van der Waals surface area contributed by atoms with E-state index in [0.29, 0.717) is 12.3 Å². The molecule has 1 aromatic heterocycles. The molecule has 0 aliphatic heterocycles. The van der Waals surface area contributed by atoms with Crippen molar-refractivity contribution in [3.05, 3.63) is 78.5 Å². The first-order valence-electron chi connectivity index (χ1n) is 6.80. The van der Waals surface area contributed by atoms with Crippen molar-refractivity contribution in [2.24, 2.45) is 0 Å². The molecule has 0 saturated carbocycles. The lowest BCUT2D eigenvalue weighted by Crippen LogP contribution is -1.97. The summed E-state index contributed by atoms with van der Waals surface area (Å²) in [6.45, 7) is 0.535. The van der Waals surface area contributed by atoms with Gasteiger partial charge in [-0.2, -0.15) is 0 Å². The third-order valence-corrected chi connectivity index (χ3v) is 3.19. The Bertz CT molecular complexity index is 709. The zero-order valence-corrected chi connectivity index (χ0v) is 11.6. The Balaban J connectivity index is 1.84. The fourth-order valence-electron chi connectivity index (χ4n) is 2.10. The topological polar surface area (TPSA) is 48.1 Å². The Kier molecular flexibility index (Phi) is 3.83. The Hall–Kier alpha value is -2.81. The van der Waals surface area contributed by atoms with Crippen LogP contribution in [0, 0.1) is 0 Å². The Morgan fingerprint density at radius 3 is 2.38 bits per heavy atom. The molecule has 3 nitrogen and oxygen atoms in total. The molecular formula is C18H16N2O. The lowest BCUT2D eigenvalue weighted by Gasteiger charge is -2.11. The molecule has 3 heteroatoms. The fraction of sp³-hybridized carbons (Fsp3) is 0.0556. The van der Waals surface area contributed by atoms with E-state index in [1.165, 1.54) is 0 Å². The predicted octanol–water partition coefficient (Wildman–Crippen LogP) is 3.91. The highest BCUT2D eigenvalue weighted by Crippen LogP contribution is 2.29. The molecule has 0 bridgehead atoms. The van der Waals surface area contributed by atoms with E-state index < -0.39 is 0 Å². The second-order valence-electron chi connectivity index (χ2n) is 4.75. The van der Waals surface area contributed by atoms with Crippen molar-refractivity contribution < 1.29 is 4.74 Å². The number of aromatic nitrogens is 1. The van der Waals surface area contributed by atoms with Crippen LogP contribution in [0.15, 0.2) is 72.9 Å². The van der Waals surface area contributed by atoms with Crippen LogP contribution in [0.25, 0.3) is 11.3 Å². The molecule has 21 heavy (non-hydrogen) atoms. The van der Waals surface area contributed by atoms with E-state index in [9.17, 15) is 0 Å². The van der Waals surface area contributed by atoms with Crippen molar-refractivity contribution in [1.82, 2.24) is 4.98 Å². The highest BCUT2D eigenvalue weighted by atomic mass is 16.5. The molecule has 0 atom stereocenters. The molecule has 3 rings (SSSR count). The third kappa shape index (κ3) is 3.20. The number of nitrogens with two attached hydrogens (primary N) is 1. The minimum atomic E-state index is 0.535. The minimum absolute atomic E-state index is 0.535. The van der Waals surface area contributed by atoms with E-state index in [1.807, 2.05) is 66.7 Å². The van der Waals surface area contributed by atoms with Crippen LogP contribution in [-0.2, 0) is 6.61 Å². The van der Waals surface area contributed by atoms with Crippen molar-refractivity contribution in [3.63, 3.8) is 0 Å². The van der Waals surface area contributed by atoms with E-state index in [4.69, 9.17) is 10.5 Å². The van der Waals surface area contributed by atoms with Crippen LogP contribution in [0.2, 0.25) is 0 Å². The van der Waals surface area contributed by atoms with Crippen molar-refractivity contribution in [1.29, 1.82) is 0 Å². The van der Waals surface area contributed by atoms with Gasteiger partial charge in [0.05, 0.1) is 17.6 Å². The normalized spacial score (nSPS) is 10.3. The number of ether oxygens (including phenoxy) is 1. The summed E-state index contributed by atoms with van der Waals surface area (Å²) in [7, 11) is 0. The van der Waals surface area contributed by atoms with Crippen LogP contribution < -0.4 is 10.5 Å². The summed E-state index contributed by atoms with van der Waals surface area (Å²) in [6.07, 6.45) is 1.66. The summed E-state index contributed by atoms with van der Waals surface area (Å²) in [5.74, 6) is 0.818. The maximum absolute atomic E-state index is 5.94. The average Bonchev–Trinajstić information content (AvgIpc) is 2.55. The second kappa shape index (κ2) is 6.09. The highest BCUT2D eigenvalue weighted by molar-refractivity contribution is 5.67. The van der Waals surface area contributed by atoms with Crippen molar-refractivity contribution in [2.45, 2.75) is 6.61 Å². The van der Waals surface area contributed by atoms with E-state index in [1.54, 1.807) is 6.20 Å². The molecule has 2 aromatic carbocycles. The molecule has 0 saturated heterocycles. The van der Waals surface area contributed by atoms with E-state index in [0.717, 1.165) is 22.6 Å². The SMILES string of the molecule is Nc1ccc(-c2ccccc2OCc2ccccc2)nc1. The molecular weight excluding hydrogens is 260 g/mol. The summed E-state index contributed by atoms with van der Waals surface area (Å²) in [4.78, 5) is 4.36. The van der Waals surface area contributed by atoms with Gasteiger partial charge in [-0.15, -0.1) is 0 Å². The van der Waals surface area contributed by atoms with Gasteiger partial charge in [0.1, 0.15) is 12.4 Å². The van der Waals surface area contributed by atoms with Crippen molar-refractivity contribution >= 4 is 5.69 Å².